The van der Waals surface area contributed by atoms with Gasteiger partial charge in [-0.2, -0.15) is 13.2 Å². The Labute approximate surface area is 173 Å². The van der Waals surface area contributed by atoms with Gasteiger partial charge < -0.3 is 15.6 Å². The Hall–Kier alpha value is -2.95. The fourth-order valence-corrected chi connectivity index (χ4v) is 3.94. The van der Waals surface area contributed by atoms with Crippen LogP contribution in [0.25, 0.3) is 10.2 Å². The molecule has 0 saturated heterocycles. The Bertz CT molecular complexity index is 1120. The maximum Gasteiger partial charge on any atom is 0.419 e. The highest BCUT2D eigenvalue weighted by Gasteiger charge is 2.33. The van der Waals surface area contributed by atoms with Crippen LogP contribution < -0.4 is 16.2 Å². The summed E-state index contributed by atoms with van der Waals surface area (Å²) in [5.41, 5.74) is -0.180. The van der Waals surface area contributed by atoms with Crippen LogP contribution >= 0.6 is 11.3 Å². The highest BCUT2D eigenvalue weighted by molar-refractivity contribution is 7.18. The van der Waals surface area contributed by atoms with E-state index in [0.717, 1.165) is 16.5 Å². The minimum Gasteiger partial charge on any atom is -0.368 e. The molecule has 0 bridgehead atoms. The zero-order valence-electron chi connectivity index (χ0n) is 16.3. The number of amides is 1. The van der Waals surface area contributed by atoms with E-state index >= 15 is 0 Å². The summed E-state index contributed by atoms with van der Waals surface area (Å²) < 4.78 is 38.7. The number of carbonyl (C=O) groups is 1. The van der Waals surface area contributed by atoms with Gasteiger partial charge in [-0.25, -0.2) is 9.97 Å². The predicted octanol–water partition coefficient (Wildman–Crippen LogP) is 3.18. The summed E-state index contributed by atoms with van der Waals surface area (Å²) in [7, 11) is 0. The van der Waals surface area contributed by atoms with E-state index in [1.807, 2.05) is 13.8 Å². The molecule has 0 spiro atoms. The molecule has 0 aliphatic carbocycles. The largest absolute Gasteiger partial charge is 0.419 e. The van der Waals surface area contributed by atoms with E-state index in [1.165, 1.54) is 23.6 Å². The number of pyridine rings is 1. The lowest BCUT2D eigenvalue weighted by molar-refractivity contribution is -0.137. The molecular formula is C19H20F3N5O2S. The number of aryl methyl sites for hydroxylation is 3. The number of carbonyl (C=O) groups excluding carboxylic acids is 1. The Kier molecular flexibility index (Phi) is 6.40. The average molecular weight is 439 g/mol. The van der Waals surface area contributed by atoms with Gasteiger partial charge in [0.1, 0.15) is 16.5 Å². The van der Waals surface area contributed by atoms with Crippen molar-refractivity contribution in [3.8, 4) is 0 Å². The normalized spacial score (nSPS) is 11.6. The third-order valence-corrected chi connectivity index (χ3v) is 5.63. The summed E-state index contributed by atoms with van der Waals surface area (Å²) in [4.78, 5) is 36.7. The van der Waals surface area contributed by atoms with E-state index in [0.29, 0.717) is 16.0 Å². The first-order chi connectivity index (χ1) is 14.2. The molecule has 3 aromatic rings. The molecule has 1 amide bonds. The molecule has 0 atom stereocenters. The molecule has 0 aromatic carbocycles. The van der Waals surface area contributed by atoms with Gasteiger partial charge in [-0.3, -0.25) is 9.59 Å². The number of halogens is 3. The fourth-order valence-electron chi connectivity index (χ4n) is 2.90. The van der Waals surface area contributed by atoms with Crippen LogP contribution in [0.2, 0.25) is 0 Å². The summed E-state index contributed by atoms with van der Waals surface area (Å²) in [5.74, 6) is -0.156. The number of nitrogens with one attached hydrogen (secondary N) is 3. The number of hydrogen-bond acceptors (Lipinski definition) is 6. The average Bonchev–Trinajstić information content (AvgIpc) is 2.97. The van der Waals surface area contributed by atoms with Gasteiger partial charge in [-0.05, 0) is 31.5 Å². The van der Waals surface area contributed by atoms with Crippen LogP contribution in [0.1, 0.15) is 28.2 Å². The molecule has 11 heteroatoms. The van der Waals surface area contributed by atoms with Crippen molar-refractivity contribution < 1.29 is 18.0 Å². The second-order valence-electron chi connectivity index (χ2n) is 6.65. The third kappa shape index (κ3) is 4.96. The minimum atomic E-state index is -4.51. The molecule has 7 nitrogen and oxygen atoms in total. The molecule has 0 radical (unpaired) electrons. The lowest BCUT2D eigenvalue weighted by Gasteiger charge is -2.13. The van der Waals surface area contributed by atoms with Gasteiger partial charge in [-0.1, -0.05) is 0 Å². The van der Waals surface area contributed by atoms with E-state index in [1.54, 1.807) is 0 Å². The first-order valence-electron chi connectivity index (χ1n) is 9.18. The molecule has 0 saturated carbocycles. The van der Waals surface area contributed by atoms with Crippen LogP contribution in [0.3, 0.4) is 0 Å². The number of anilines is 1. The third-order valence-electron chi connectivity index (χ3n) is 4.53. The number of fused-ring (bicyclic) bond motifs is 1. The monoisotopic (exact) mass is 439 g/mol. The number of nitrogens with zero attached hydrogens (tertiary/aromatic N) is 2. The van der Waals surface area contributed by atoms with E-state index in [9.17, 15) is 22.8 Å². The highest BCUT2D eigenvalue weighted by atomic mass is 32.1. The van der Waals surface area contributed by atoms with Crippen LogP contribution in [0.5, 0.6) is 0 Å². The molecular weight excluding hydrogens is 419 g/mol. The van der Waals surface area contributed by atoms with Crippen molar-refractivity contribution in [2.24, 2.45) is 0 Å². The topological polar surface area (TPSA) is 99.8 Å². The van der Waals surface area contributed by atoms with Gasteiger partial charge in [0, 0.05) is 37.0 Å². The number of alkyl halides is 3. The van der Waals surface area contributed by atoms with Crippen LogP contribution in [0.4, 0.5) is 19.0 Å². The quantitative estimate of drug-likeness (QED) is 0.491. The van der Waals surface area contributed by atoms with Crippen molar-refractivity contribution in [2.75, 3.05) is 18.4 Å². The number of aromatic amines is 1. The van der Waals surface area contributed by atoms with Crippen LogP contribution in [-0.4, -0.2) is 33.9 Å². The van der Waals surface area contributed by atoms with Crippen molar-refractivity contribution in [1.29, 1.82) is 0 Å². The van der Waals surface area contributed by atoms with E-state index in [4.69, 9.17) is 0 Å². The smallest absolute Gasteiger partial charge is 0.368 e. The summed E-state index contributed by atoms with van der Waals surface area (Å²) in [6.07, 6.45) is -2.91. The van der Waals surface area contributed by atoms with Gasteiger partial charge in [0.05, 0.1) is 10.9 Å². The maximum atomic E-state index is 12.9. The molecule has 3 aromatic heterocycles. The molecule has 3 heterocycles. The lowest BCUT2D eigenvalue weighted by atomic mass is 10.2. The first-order valence-corrected chi connectivity index (χ1v) is 10.00. The van der Waals surface area contributed by atoms with E-state index < -0.39 is 11.7 Å². The number of hydrogen-bond donors (Lipinski definition) is 3. The molecule has 0 aliphatic rings. The molecule has 160 valence electrons. The van der Waals surface area contributed by atoms with Crippen molar-refractivity contribution in [3.63, 3.8) is 0 Å². The molecule has 0 aliphatic heterocycles. The van der Waals surface area contributed by atoms with Crippen LogP contribution in [0, 0.1) is 13.8 Å². The minimum absolute atomic E-state index is 0.0840. The summed E-state index contributed by atoms with van der Waals surface area (Å²) in [6, 6.07) is 2.15. The Morgan fingerprint density at radius 2 is 2.03 bits per heavy atom. The number of H-pyrrole nitrogens is 1. The van der Waals surface area contributed by atoms with Gasteiger partial charge in [-0.15, -0.1) is 11.3 Å². The van der Waals surface area contributed by atoms with E-state index in [2.05, 4.69) is 25.6 Å². The Morgan fingerprint density at radius 1 is 1.27 bits per heavy atom. The summed E-state index contributed by atoms with van der Waals surface area (Å²) in [5, 5.41) is 5.77. The molecule has 0 fully saturated rings. The zero-order valence-corrected chi connectivity index (χ0v) is 17.1. The predicted molar refractivity (Wildman–Crippen MR) is 109 cm³/mol. The van der Waals surface area contributed by atoms with Gasteiger partial charge in [0.15, 0.2) is 0 Å². The Balaban J connectivity index is 1.49. The van der Waals surface area contributed by atoms with Gasteiger partial charge in [0.25, 0.3) is 5.56 Å². The molecule has 3 rings (SSSR count). The second kappa shape index (κ2) is 8.82. The van der Waals surface area contributed by atoms with Crippen molar-refractivity contribution in [2.45, 2.75) is 32.9 Å². The fraction of sp³-hybridized carbons (Fsp3) is 0.368. The Morgan fingerprint density at radius 3 is 2.77 bits per heavy atom. The number of aromatic nitrogens is 3. The number of thiophene rings is 1. The van der Waals surface area contributed by atoms with Crippen LogP contribution in [0.15, 0.2) is 23.1 Å². The van der Waals surface area contributed by atoms with Crippen molar-refractivity contribution in [1.82, 2.24) is 20.3 Å². The van der Waals surface area contributed by atoms with Crippen molar-refractivity contribution >= 4 is 33.3 Å². The highest BCUT2D eigenvalue weighted by Crippen LogP contribution is 2.33. The number of rotatable bonds is 7. The lowest BCUT2D eigenvalue weighted by Crippen LogP contribution is -2.29. The first kappa shape index (κ1) is 21.8. The standard InChI is InChI=1S/C19H20F3N5O2S/c1-10-11(2)30-18-15(10)17(29)26-13(27-18)5-6-14(28)23-8-9-25-16-12(19(20,21)22)4-3-7-24-16/h3-4,7H,5-6,8-9H2,1-2H3,(H,23,28)(H,24,25)(H,26,27,29). The van der Waals surface area contributed by atoms with Crippen molar-refractivity contribution in [3.05, 3.63) is 50.5 Å². The maximum absolute atomic E-state index is 12.9. The summed E-state index contributed by atoms with van der Waals surface area (Å²) in [6.45, 7) is 4.00. The van der Waals surface area contributed by atoms with Gasteiger partial charge >= 0.3 is 6.18 Å². The molecule has 0 unspecified atom stereocenters. The van der Waals surface area contributed by atoms with E-state index in [-0.39, 0.29) is 43.2 Å². The zero-order chi connectivity index (χ0) is 21.9. The molecule has 3 N–H and O–H groups in total. The molecule has 30 heavy (non-hydrogen) atoms. The SMILES string of the molecule is Cc1sc2nc(CCC(=O)NCCNc3ncccc3C(F)(F)F)[nH]c(=O)c2c1C. The van der Waals surface area contributed by atoms with Crippen LogP contribution in [-0.2, 0) is 17.4 Å². The second-order valence-corrected chi connectivity index (χ2v) is 7.85. The summed E-state index contributed by atoms with van der Waals surface area (Å²) >= 11 is 1.43. The van der Waals surface area contributed by atoms with Gasteiger partial charge in [0.2, 0.25) is 5.91 Å².